The van der Waals surface area contributed by atoms with Crippen molar-refractivity contribution in [1.29, 1.82) is 0 Å². The van der Waals surface area contributed by atoms with Gasteiger partial charge in [-0.25, -0.2) is 0 Å². The monoisotopic (exact) mass is 400 g/mol. The Hall–Kier alpha value is -0.580. The first kappa shape index (κ1) is 18.8. The van der Waals surface area contributed by atoms with Crippen LogP contribution in [0.25, 0.3) is 0 Å². The minimum atomic E-state index is -0.224. The molecule has 0 atom stereocenters. The molecule has 1 aliphatic heterocycles. The average Bonchev–Trinajstić information content (AvgIpc) is 3.34. The number of carbonyl (C=O) groups excluding carboxylic acids is 1. The minimum Gasteiger partial charge on any atom is -0.342 e. The Morgan fingerprint density at radius 3 is 2.61 bits per heavy atom. The lowest BCUT2D eigenvalue weighted by Crippen LogP contribution is -2.45. The summed E-state index contributed by atoms with van der Waals surface area (Å²) in [6.45, 7) is 6.11. The maximum atomic E-state index is 13.0. The molecule has 3 rings (SSSR count). The molecule has 5 heteroatoms. The van der Waals surface area contributed by atoms with E-state index in [2.05, 4.69) is 45.2 Å². The van der Waals surface area contributed by atoms with Gasteiger partial charge in [0.2, 0.25) is 5.91 Å². The van der Waals surface area contributed by atoms with Crippen LogP contribution in [0.1, 0.15) is 38.2 Å². The van der Waals surface area contributed by atoms with Crippen molar-refractivity contribution < 1.29 is 4.79 Å². The first-order chi connectivity index (χ1) is 10.7. The molecule has 1 saturated heterocycles. The zero-order valence-electron chi connectivity index (χ0n) is 13.7. The third-order valence-corrected chi connectivity index (χ3v) is 5.61. The van der Waals surface area contributed by atoms with Crippen molar-refractivity contribution in [3.8, 4) is 0 Å². The molecule has 1 aromatic carbocycles. The second-order valence-electron chi connectivity index (χ2n) is 6.64. The molecule has 1 heterocycles. The van der Waals surface area contributed by atoms with Crippen LogP contribution >= 0.6 is 28.3 Å². The van der Waals surface area contributed by atoms with E-state index in [9.17, 15) is 4.79 Å². The van der Waals surface area contributed by atoms with Gasteiger partial charge in [-0.1, -0.05) is 35.0 Å². The van der Waals surface area contributed by atoms with E-state index in [1.165, 1.54) is 5.56 Å². The Bertz CT molecular complexity index is 540. The van der Waals surface area contributed by atoms with E-state index in [1.807, 2.05) is 12.1 Å². The smallest absolute Gasteiger partial charge is 0.233 e. The van der Waals surface area contributed by atoms with Gasteiger partial charge in [0, 0.05) is 17.6 Å². The molecule has 0 bridgehead atoms. The van der Waals surface area contributed by atoms with Crippen molar-refractivity contribution in [2.24, 2.45) is 5.92 Å². The number of piperidine rings is 1. The van der Waals surface area contributed by atoms with Gasteiger partial charge in [0.15, 0.2) is 0 Å². The summed E-state index contributed by atoms with van der Waals surface area (Å²) in [6, 6.07) is 8.28. The van der Waals surface area contributed by atoms with Crippen molar-refractivity contribution in [3.05, 3.63) is 34.3 Å². The van der Waals surface area contributed by atoms with Crippen LogP contribution < -0.4 is 5.32 Å². The van der Waals surface area contributed by atoms with Crippen molar-refractivity contribution in [2.75, 3.05) is 26.2 Å². The number of benzene rings is 1. The Kier molecular flexibility index (Phi) is 6.52. The molecular weight excluding hydrogens is 376 g/mol. The molecule has 1 saturated carbocycles. The Morgan fingerprint density at radius 1 is 1.35 bits per heavy atom. The number of likely N-dealkylation sites (tertiary alicyclic amines) is 1. The van der Waals surface area contributed by atoms with Gasteiger partial charge in [0.05, 0.1) is 5.41 Å². The highest BCUT2D eigenvalue weighted by atomic mass is 79.9. The van der Waals surface area contributed by atoms with Crippen LogP contribution in [0.2, 0.25) is 0 Å². The molecule has 1 N–H and O–H groups in total. The Labute approximate surface area is 153 Å². The fourth-order valence-corrected chi connectivity index (χ4v) is 3.93. The summed E-state index contributed by atoms with van der Waals surface area (Å²) in [6.07, 6.45) is 4.26. The van der Waals surface area contributed by atoms with E-state index in [0.717, 1.165) is 62.3 Å². The summed E-state index contributed by atoms with van der Waals surface area (Å²) in [5.74, 6) is 1.08. The number of nitrogens with zero attached hydrogens (tertiary/aromatic N) is 1. The summed E-state index contributed by atoms with van der Waals surface area (Å²) in [4.78, 5) is 15.1. The Morgan fingerprint density at radius 2 is 2.04 bits per heavy atom. The van der Waals surface area contributed by atoms with E-state index in [0.29, 0.717) is 5.91 Å². The molecule has 0 aromatic heterocycles. The van der Waals surface area contributed by atoms with Crippen molar-refractivity contribution in [2.45, 2.75) is 38.0 Å². The molecule has 23 heavy (non-hydrogen) atoms. The molecule has 1 aromatic rings. The van der Waals surface area contributed by atoms with Crippen LogP contribution in [0.3, 0.4) is 0 Å². The predicted molar refractivity (Wildman–Crippen MR) is 100 cm³/mol. The first-order valence-electron chi connectivity index (χ1n) is 8.42. The molecule has 2 aliphatic rings. The maximum Gasteiger partial charge on any atom is 0.233 e. The van der Waals surface area contributed by atoms with Crippen LogP contribution in [0.4, 0.5) is 0 Å². The fraction of sp³-hybridized carbons (Fsp3) is 0.611. The number of amides is 1. The summed E-state index contributed by atoms with van der Waals surface area (Å²) < 4.78 is 1.06. The summed E-state index contributed by atoms with van der Waals surface area (Å²) >= 11 is 3.53. The van der Waals surface area contributed by atoms with Gasteiger partial charge in [-0.15, -0.1) is 12.4 Å². The largest absolute Gasteiger partial charge is 0.342 e. The molecule has 0 radical (unpaired) electrons. The lowest BCUT2D eigenvalue weighted by atomic mass is 9.91. The van der Waals surface area contributed by atoms with E-state index < -0.39 is 0 Å². The number of hydrogen-bond acceptors (Lipinski definition) is 2. The quantitative estimate of drug-likeness (QED) is 0.815. The second-order valence-corrected chi connectivity index (χ2v) is 7.55. The zero-order valence-corrected chi connectivity index (χ0v) is 16.1. The van der Waals surface area contributed by atoms with E-state index in [-0.39, 0.29) is 17.8 Å². The zero-order chi connectivity index (χ0) is 15.6. The molecule has 3 nitrogen and oxygen atoms in total. The van der Waals surface area contributed by atoms with Crippen LogP contribution in [-0.4, -0.2) is 37.0 Å². The number of rotatable bonds is 5. The molecule has 128 valence electrons. The van der Waals surface area contributed by atoms with Crippen molar-refractivity contribution >= 4 is 34.2 Å². The molecule has 0 spiro atoms. The van der Waals surface area contributed by atoms with Crippen LogP contribution in [0.5, 0.6) is 0 Å². The van der Waals surface area contributed by atoms with Gasteiger partial charge in [-0.05, 0) is 62.4 Å². The minimum absolute atomic E-state index is 0. The standard InChI is InChI=1S/C18H25BrN2O.ClH/c1-2-20-13-14-6-10-21(11-7-14)17(22)18(8-9-18)15-4-3-5-16(19)12-15;/h3-5,12,14,20H,2,6-11,13H2,1H3;1H. The van der Waals surface area contributed by atoms with Crippen molar-refractivity contribution in [3.63, 3.8) is 0 Å². The van der Waals surface area contributed by atoms with Crippen LogP contribution in [0, 0.1) is 5.92 Å². The summed E-state index contributed by atoms with van der Waals surface area (Å²) in [5.41, 5.74) is 0.958. The van der Waals surface area contributed by atoms with Crippen LogP contribution in [0.15, 0.2) is 28.7 Å². The SMILES string of the molecule is CCNCC1CCN(C(=O)C2(c3cccc(Br)c3)CC2)CC1.Cl. The van der Waals surface area contributed by atoms with Gasteiger partial charge in [-0.2, -0.15) is 0 Å². The number of carbonyl (C=O) groups is 1. The summed E-state index contributed by atoms with van der Waals surface area (Å²) in [7, 11) is 0. The number of halogens is 2. The maximum absolute atomic E-state index is 13.0. The van der Waals surface area contributed by atoms with Gasteiger partial charge in [0.1, 0.15) is 0 Å². The lowest BCUT2D eigenvalue weighted by molar-refractivity contribution is -0.135. The number of hydrogen-bond donors (Lipinski definition) is 1. The molecular formula is C18H26BrClN2O. The summed E-state index contributed by atoms with van der Waals surface area (Å²) in [5, 5.41) is 3.43. The Balaban J connectivity index is 0.00000192. The van der Waals surface area contributed by atoms with E-state index in [4.69, 9.17) is 0 Å². The molecule has 1 aliphatic carbocycles. The highest BCUT2D eigenvalue weighted by Gasteiger charge is 2.53. The normalized spacial score (nSPS) is 20.0. The average molecular weight is 402 g/mol. The third-order valence-electron chi connectivity index (χ3n) is 5.12. The highest BCUT2D eigenvalue weighted by molar-refractivity contribution is 9.10. The van der Waals surface area contributed by atoms with E-state index in [1.54, 1.807) is 0 Å². The van der Waals surface area contributed by atoms with E-state index >= 15 is 0 Å². The topological polar surface area (TPSA) is 32.3 Å². The van der Waals surface area contributed by atoms with Crippen LogP contribution in [-0.2, 0) is 10.2 Å². The van der Waals surface area contributed by atoms with Gasteiger partial charge in [0.25, 0.3) is 0 Å². The van der Waals surface area contributed by atoms with Crippen molar-refractivity contribution in [1.82, 2.24) is 10.2 Å². The number of nitrogens with one attached hydrogen (secondary N) is 1. The van der Waals surface area contributed by atoms with Gasteiger partial charge >= 0.3 is 0 Å². The van der Waals surface area contributed by atoms with Gasteiger partial charge < -0.3 is 10.2 Å². The second kappa shape index (κ2) is 8.00. The first-order valence-corrected chi connectivity index (χ1v) is 9.21. The molecule has 0 unspecified atom stereocenters. The molecule has 1 amide bonds. The van der Waals surface area contributed by atoms with Gasteiger partial charge in [-0.3, -0.25) is 4.79 Å². The predicted octanol–water partition coefficient (Wildman–Crippen LogP) is 3.75. The molecule has 2 fully saturated rings. The fourth-order valence-electron chi connectivity index (χ4n) is 3.53. The lowest BCUT2D eigenvalue weighted by Gasteiger charge is -2.34. The third kappa shape index (κ3) is 4.09. The highest BCUT2D eigenvalue weighted by Crippen LogP contribution is 2.50.